The number of hydrogen-bond acceptors (Lipinski definition) is 2. The van der Waals surface area contributed by atoms with Crippen molar-refractivity contribution in [3.05, 3.63) is 0 Å². The predicted molar refractivity (Wildman–Crippen MR) is 45.4 cm³/mol. The Labute approximate surface area is 88.6 Å². The number of aliphatic carboxylic acids is 1. The second kappa shape index (κ2) is 5.97. The molecule has 8 heteroatoms. The summed E-state index contributed by atoms with van der Waals surface area (Å²) < 4.78 is 56.6. The third-order valence-electron chi connectivity index (χ3n) is 1.81. The molecule has 0 atom stereocenters. The molecule has 1 aliphatic heterocycles. The Morgan fingerprint density at radius 3 is 2.12 bits per heavy atom. The lowest BCUT2D eigenvalue weighted by Crippen LogP contribution is -2.21. The molecule has 1 saturated heterocycles. The Bertz CT molecular complexity index is 219. The number of rotatable bonds is 0. The minimum Gasteiger partial charge on any atom is -0.475 e. The molecule has 1 heterocycles. The molecule has 0 aromatic heterocycles. The highest BCUT2D eigenvalue weighted by Gasteiger charge is 2.38. The SMILES string of the molecule is FC1(F)CCCNCC1.O=C(O)C(F)(F)F. The van der Waals surface area contributed by atoms with E-state index >= 15 is 0 Å². The van der Waals surface area contributed by atoms with E-state index in [1.807, 2.05) is 0 Å². The zero-order valence-corrected chi connectivity index (χ0v) is 8.28. The number of carbonyl (C=O) groups is 1. The number of carboxylic acid groups (broad SMARTS) is 1. The van der Waals surface area contributed by atoms with Crippen molar-refractivity contribution in [2.24, 2.45) is 0 Å². The van der Waals surface area contributed by atoms with Gasteiger partial charge in [0.15, 0.2) is 0 Å². The lowest BCUT2D eigenvalue weighted by molar-refractivity contribution is -0.192. The summed E-state index contributed by atoms with van der Waals surface area (Å²) >= 11 is 0. The van der Waals surface area contributed by atoms with Crippen molar-refractivity contribution >= 4 is 5.97 Å². The Balaban J connectivity index is 0.000000293. The molecule has 96 valence electrons. The lowest BCUT2D eigenvalue weighted by atomic mass is 10.1. The third-order valence-corrected chi connectivity index (χ3v) is 1.81. The molecular formula is C8H12F5NO2. The molecule has 16 heavy (non-hydrogen) atoms. The fourth-order valence-electron chi connectivity index (χ4n) is 0.993. The van der Waals surface area contributed by atoms with Gasteiger partial charge in [-0.1, -0.05) is 0 Å². The number of hydrogen-bond donors (Lipinski definition) is 2. The molecule has 1 aliphatic rings. The Morgan fingerprint density at radius 1 is 1.19 bits per heavy atom. The van der Waals surface area contributed by atoms with Gasteiger partial charge in [-0.05, 0) is 13.0 Å². The van der Waals surface area contributed by atoms with Gasteiger partial charge in [-0.25, -0.2) is 13.6 Å². The quantitative estimate of drug-likeness (QED) is 0.646. The van der Waals surface area contributed by atoms with E-state index in [0.29, 0.717) is 13.0 Å². The van der Waals surface area contributed by atoms with E-state index in [2.05, 4.69) is 5.32 Å². The monoisotopic (exact) mass is 249 g/mol. The molecule has 0 aromatic carbocycles. The van der Waals surface area contributed by atoms with E-state index in [1.54, 1.807) is 0 Å². The van der Waals surface area contributed by atoms with Gasteiger partial charge in [0, 0.05) is 19.4 Å². The van der Waals surface area contributed by atoms with E-state index in [0.717, 1.165) is 6.54 Å². The highest BCUT2D eigenvalue weighted by molar-refractivity contribution is 5.73. The van der Waals surface area contributed by atoms with Crippen LogP contribution in [0.3, 0.4) is 0 Å². The predicted octanol–water partition coefficient (Wildman–Crippen LogP) is 2.03. The zero-order valence-electron chi connectivity index (χ0n) is 8.28. The van der Waals surface area contributed by atoms with Crippen LogP contribution in [0.2, 0.25) is 0 Å². The molecule has 3 nitrogen and oxygen atoms in total. The molecule has 0 aromatic rings. The Hall–Kier alpha value is -0.920. The minimum atomic E-state index is -5.08. The maximum atomic E-state index is 12.4. The molecular weight excluding hydrogens is 237 g/mol. The zero-order chi connectivity index (χ0) is 12.8. The van der Waals surface area contributed by atoms with E-state index < -0.39 is 18.1 Å². The van der Waals surface area contributed by atoms with Gasteiger partial charge in [0.05, 0.1) is 0 Å². The summed E-state index contributed by atoms with van der Waals surface area (Å²) in [5.41, 5.74) is 0. The van der Waals surface area contributed by atoms with Crippen LogP contribution >= 0.6 is 0 Å². The molecule has 1 rings (SSSR count). The summed E-state index contributed by atoms with van der Waals surface area (Å²) in [7, 11) is 0. The van der Waals surface area contributed by atoms with Gasteiger partial charge in [-0.2, -0.15) is 13.2 Å². The van der Waals surface area contributed by atoms with Crippen molar-refractivity contribution in [3.63, 3.8) is 0 Å². The highest BCUT2D eigenvalue weighted by atomic mass is 19.4. The summed E-state index contributed by atoms with van der Waals surface area (Å²) in [5, 5.41) is 10.0. The van der Waals surface area contributed by atoms with Gasteiger partial charge in [0.1, 0.15) is 0 Å². The van der Waals surface area contributed by atoms with Crippen LogP contribution in [0.4, 0.5) is 22.0 Å². The summed E-state index contributed by atoms with van der Waals surface area (Å²) in [4.78, 5) is 8.90. The largest absolute Gasteiger partial charge is 0.490 e. The van der Waals surface area contributed by atoms with Gasteiger partial charge in [0.25, 0.3) is 0 Å². The van der Waals surface area contributed by atoms with Crippen molar-refractivity contribution in [2.45, 2.75) is 31.4 Å². The van der Waals surface area contributed by atoms with Gasteiger partial charge < -0.3 is 10.4 Å². The molecule has 0 aliphatic carbocycles. The van der Waals surface area contributed by atoms with Crippen LogP contribution in [0.25, 0.3) is 0 Å². The van der Waals surface area contributed by atoms with E-state index in [9.17, 15) is 22.0 Å². The van der Waals surface area contributed by atoms with Crippen LogP contribution in [0, 0.1) is 0 Å². The van der Waals surface area contributed by atoms with Gasteiger partial charge in [-0.3, -0.25) is 0 Å². The van der Waals surface area contributed by atoms with E-state index in [4.69, 9.17) is 9.90 Å². The smallest absolute Gasteiger partial charge is 0.475 e. The van der Waals surface area contributed by atoms with Crippen LogP contribution in [-0.2, 0) is 4.79 Å². The summed E-state index contributed by atoms with van der Waals surface area (Å²) in [6.45, 7) is 1.21. The normalized spacial score (nSPS) is 20.3. The first-order valence-corrected chi connectivity index (χ1v) is 4.54. The van der Waals surface area contributed by atoms with Crippen LogP contribution in [0.5, 0.6) is 0 Å². The lowest BCUT2D eigenvalue weighted by Gasteiger charge is -2.10. The topological polar surface area (TPSA) is 49.3 Å². The second-order valence-corrected chi connectivity index (χ2v) is 3.26. The first-order chi connectivity index (χ1) is 7.15. The third kappa shape index (κ3) is 7.38. The summed E-state index contributed by atoms with van der Waals surface area (Å²) in [5.74, 6) is -5.16. The van der Waals surface area contributed by atoms with E-state index in [-0.39, 0.29) is 12.8 Å². The maximum absolute atomic E-state index is 12.4. The summed E-state index contributed by atoms with van der Waals surface area (Å²) in [6.07, 6.45) is -4.42. The second-order valence-electron chi connectivity index (χ2n) is 3.26. The number of halogens is 5. The van der Waals surface area contributed by atoms with Crippen molar-refractivity contribution in [2.75, 3.05) is 13.1 Å². The number of carboxylic acids is 1. The van der Waals surface area contributed by atoms with Gasteiger partial charge >= 0.3 is 12.1 Å². The first-order valence-electron chi connectivity index (χ1n) is 4.54. The van der Waals surface area contributed by atoms with Crippen LogP contribution in [0.15, 0.2) is 0 Å². The molecule has 0 bridgehead atoms. The molecule has 0 amide bonds. The highest BCUT2D eigenvalue weighted by Crippen LogP contribution is 2.24. The average molecular weight is 249 g/mol. The van der Waals surface area contributed by atoms with Crippen LogP contribution in [-0.4, -0.2) is 36.3 Å². The molecule has 0 saturated carbocycles. The first kappa shape index (κ1) is 15.1. The fourth-order valence-corrected chi connectivity index (χ4v) is 0.993. The van der Waals surface area contributed by atoms with Crippen molar-refractivity contribution < 1.29 is 31.9 Å². The molecule has 0 spiro atoms. The van der Waals surface area contributed by atoms with Crippen LogP contribution in [0.1, 0.15) is 19.3 Å². The van der Waals surface area contributed by atoms with Crippen molar-refractivity contribution in [1.29, 1.82) is 0 Å². The van der Waals surface area contributed by atoms with Gasteiger partial charge in [-0.15, -0.1) is 0 Å². The fraction of sp³-hybridized carbons (Fsp3) is 0.875. The standard InChI is InChI=1S/C6H11F2N.C2HF3O2/c7-6(8)2-1-4-9-5-3-6;3-2(4,5)1(6)7/h9H,1-5H2;(H,6,7). The van der Waals surface area contributed by atoms with E-state index in [1.165, 1.54) is 0 Å². The van der Waals surface area contributed by atoms with Crippen LogP contribution < -0.4 is 5.32 Å². The minimum absolute atomic E-state index is 0.00694. The molecule has 0 radical (unpaired) electrons. The number of alkyl halides is 5. The average Bonchev–Trinajstić information content (AvgIpc) is 2.28. The molecule has 2 N–H and O–H groups in total. The van der Waals surface area contributed by atoms with Gasteiger partial charge in [0.2, 0.25) is 5.92 Å². The maximum Gasteiger partial charge on any atom is 0.490 e. The van der Waals surface area contributed by atoms with Crippen molar-refractivity contribution in [3.8, 4) is 0 Å². The number of nitrogens with one attached hydrogen (secondary N) is 1. The molecule has 1 fully saturated rings. The Morgan fingerprint density at radius 2 is 1.69 bits per heavy atom. The molecule has 0 unspecified atom stereocenters. The summed E-state index contributed by atoms with van der Waals surface area (Å²) in [6, 6.07) is 0. The Kier molecular flexibility index (Phi) is 5.63. The van der Waals surface area contributed by atoms with Crippen molar-refractivity contribution in [1.82, 2.24) is 5.32 Å².